The lowest BCUT2D eigenvalue weighted by atomic mass is 10.2. The standard InChI is InChI=1S/C24H27BrN2O5S/c1-19-8-11-22(32-19)17-26(16-20-6-4-3-5-7-20)24(28)18-27(14-15-31-2)33(29,30)23-12-9-21(25)10-13-23/h3-13H,14-18H2,1-2H3. The number of sulfonamides is 1. The summed E-state index contributed by atoms with van der Waals surface area (Å²) in [7, 11) is -2.41. The van der Waals surface area contributed by atoms with Gasteiger partial charge in [-0.25, -0.2) is 8.42 Å². The van der Waals surface area contributed by atoms with Crippen molar-refractivity contribution in [3.8, 4) is 0 Å². The molecule has 1 heterocycles. The van der Waals surface area contributed by atoms with Crippen LogP contribution in [0.15, 0.2) is 80.5 Å². The molecule has 0 saturated heterocycles. The molecule has 1 aromatic heterocycles. The Kier molecular flexibility index (Phi) is 8.85. The maximum atomic E-state index is 13.4. The van der Waals surface area contributed by atoms with Gasteiger partial charge in [-0.15, -0.1) is 0 Å². The van der Waals surface area contributed by atoms with Crippen molar-refractivity contribution in [1.82, 2.24) is 9.21 Å². The molecule has 0 unspecified atom stereocenters. The summed E-state index contributed by atoms with van der Waals surface area (Å²) in [5.74, 6) is 1.05. The van der Waals surface area contributed by atoms with Crippen molar-refractivity contribution in [1.29, 1.82) is 0 Å². The van der Waals surface area contributed by atoms with Gasteiger partial charge >= 0.3 is 0 Å². The molecule has 2 aromatic carbocycles. The number of benzene rings is 2. The second kappa shape index (κ2) is 11.6. The van der Waals surface area contributed by atoms with Gasteiger partial charge in [-0.1, -0.05) is 46.3 Å². The van der Waals surface area contributed by atoms with Crippen molar-refractivity contribution < 1.29 is 22.4 Å². The fourth-order valence-corrected chi connectivity index (χ4v) is 4.92. The average molecular weight is 535 g/mol. The van der Waals surface area contributed by atoms with Crippen molar-refractivity contribution in [2.24, 2.45) is 0 Å². The molecule has 0 fully saturated rings. The van der Waals surface area contributed by atoms with Gasteiger partial charge < -0.3 is 14.1 Å². The predicted molar refractivity (Wildman–Crippen MR) is 129 cm³/mol. The zero-order chi connectivity index (χ0) is 23.8. The Labute approximate surface area is 203 Å². The van der Waals surface area contributed by atoms with Gasteiger partial charge in [0.05, 0.1) is 24.6 Å². The summed E-state index contributed by atoms with van der Waals surface area (Å²) >= 11 is 3.32. The number of nitrogens with zero attached hydrogens (tertiary/aromatic N) is 2. The van der Waals surface area contributed by atoms with Crippen LogP contribution in [0.1, 0.15) is 17.1 Å². The van der Waals surface area contributed by atoms with Gasteiger partial charge in [-0.2, -0.15) is 4.31 Å². The average Bonchev–Trinajstić information content (AvgIpc) is 3.21. The van der Waals surface area contributed by atoms with Crippen LogP contribution < -0.4 is 0 Å². The highest BCUT2D eigenvalue weighted by atomic mass is 79.9. The van der Waals surface area contributed by atoms with Gasteiger partial charge in [-0.3, -0.25) is 4.79 Å². The third-order valence-corrected chi connectivity index (χ3v) is 7.41. The van der Waals surface area contributed by atoms with Crippen LogP contribution in [0.3, 0.4) is 0 Å². The van der Waals surface area contributed by atoms with E-state index in [2.05, 4.69) is 15.9 Å². The summed E-state index contributed by atoms with van der Waals surface area (Å²) in [6, 6.07) is 19.6. The normalized spacial score (nSPS) is 11.6. The van der Waals surface area contributed by atoms with Gasteiger partial charge in [0.1, 0.15) is 11.5 Å². The highest BCUT2D eigenvalue weighted by Crippen LogP contribution is 2.20. The largest absolute Gasteiger partial charge is 0.464 e. The number of carbonyl (C=O) groups is 1. The monoisotopic (exact) mass is 534 g/mol. The molecule has 0 bridgehead atoms. The van der Waals surface area contributed by atoms with Crippen LogP contribution in [0.25, 0.3) is 0 Å². The number of rotatable bonds is 11. The van der Waals surface area contributed by atoms with E-state index in [9.17, 15) is 13.2 Å². The lowest BCUT2D eigenvalue weighted by Gasteiger charge is -2.27. The molecular formula is C24H27BrN2O5S. The summed E-state index contributed by atoms with van der Waals surface area (Å²) in [5, 5.41) is 0. The van der Waals surface area contributed by atoms with E-state index in [0.717, 1.165) is 20.1 Å². The van der Waals surface area contributed by atoms with E-state index >= 15 is 0 Å². The van der Waals surface area contributed by atoms with E-state index in [0.29, 0.717) is 12.3 Å². The second-order valence-corrected chi connectivity index (χ2v) is 10.4. The number of methoxy groups -OCH3 is 1. The SMILES string of the molecule is COCCN(CC(=O)N(Cc1ccccc1)Cc1ccc(C)o1)S(=O)(=O)c1ccc(Br)cc1. The summed E-state index contributed by atoms with van der Waals surface area (Å²) in [4.78, 5) is 15.1. The molecule has 7 nitrogen and oxygen atoms in total. The van der Waals surface area contributed by atoms with Gasteiger partial charge in [0, 0.05) is 24.7 Å². The highest BCUT2D eigenvalue weighted by molar-refractivity contribution is 9.10. The number of furan rings is 1. The summed E-state index contributed by atoms with van der Waals surface area (Å²) in [5.41, 5.74) is 0.938. The van der Waals surface area contributed by atoms with Crippen LogP contribution >= 0.6 is 15.9 Å². The second-order valence-electron chi connectivity index (χ2n) is 7.53. The van der Waals surface area contributed by atoms with Crippen molar-refractivity contribution in [2.75, 3.05) is 26.8 Å². The Morgan fingerprint density at radius 3 is 2.30 bits per heavy atom. The number of hydrogen-bond acceptors (Lipinski definition) is 5. The van der Waals surface area contributed by atoms with Crippen molar-refractivity contribution in [3.05, 3.63) is 88.3 Å². The summed E-state index contributed by atoms with van der Waals surface area (Å²) in [6.07, 6.45) is 0. The smallest absolute Gasteiger partial charge is 0.243 e. The van der Waals surface area contributed by atoms with E-state index in [1.807, 2.05) is 49.4 Å². The van der Waals surface area contributed by atoms with E-state index in [1.54, 1.807) is 17.0 Å². The van der Waals surface area contributed by atoms with Crippen molar-refractivity contribution in [3.63, 3.8) is 0 Å². The molecule has 176 valence electrons. The first-order valence-corrected chi connectivity index (χ1v) is 12.6. The maximum Gasteiger partial charge on any atom is 0.243 e. The molecule has 9 heteroatoms. The Morgan fingerprint density at radius 1 is 1.00 bits per heavy atom. The third-order valence-electron chi connectivity index (χ3n) is 5.02. The number of hydrogen-bond donors (Lipinski definition) is 0. The first-order chi connectivity index (χ1) is 15.8. The van der Waals surface area contributed by atoms with Crippen LogP contribution in [-0.4, -0.2) is 50.3 Å². The van der Waals surface area contributed by atoms with E-state index < -0.39 is 10.0 Å². The Balaban J connectivity index is 1.85. The molecule has 1 amide bonds. The Bertz CT molecular complexity index is 1150. The molecular weight excluding hydrogens is 508 g/mol. The first-order valence-electron chi connectivity index (χ1n) is 10.4. The highest BCUT2D eigenvalue weighted by Gasteiger charge is 2.29. The van der Waals surface area contributed by atoms with Gasteiger partial charge in [0.15, 0.2) is 0 Å². The molecule has 0 atom stereocenters. The molecule has 0 saturated carbocycles. The van der Waals surface area contributed by atoms with Crippen LogP contribution in [0, 0.1) is 6.92 Å². The van der Waals surface area contributed by atoms with E-state index in [4.69, 9.17) is 9.15 Å². The van der Waals surface area contributed by atoms with Crippen LogP contribution in [0.4, 0.5) is 0 Å². The molecule has 0 aliphatic carbocycles. The maximum absolute atomic E-state index is 13.4. The zero-order valence-electron chi connectivity index (χ0n) is 18.6. The minimum Gasteiger partial charge on any atom is -0.464 e. The molecule has 0 radical (unpaired) electrons. The molecule has 0 spiro atoms. The molecule has 0 aliphatic heterocycles. The minimum atomic E-state index is -3.90. The van der Waals surface area contributed by atoms with Gasteiger partial charge in [0.25, 0.3) is 0 Å². The topological polar surface area (TPSA) is 80.1 Å². The molecule has 0 aliphatic rings. The fourth-order valence-electron chi connectivity index (χ4n) is 3.28. The molecule has 33 heavy (non-hydrogen) atoms. The van der Waals surface area contributed by atoms with Gasteiger partial charge in [-0.05, 0) is 48.9 Å². The summed E-state index contributed by atoms with van der Waals surface area (Å²) in [6.45, 7) is 2.31. The molecule has 3 rings (SSSR count). The number of carbonyl (C=O) groups excluding carboxylic acids is 1. The first kappa shape index (κ1) is 25.2. The van der Waals surface area contributed by atoms with Gasteiger partial charge in [0.2, 0.25) is 15.9 Å². The number of ether oxygens (including phenoxy) is 1. The van der Waals surface area contributed by atoms with Crippen molar-refractivity contribution in [2.45, 2.75) is 24.9 Å². The van der Waals surface area contributed by atoms with Crippen LogP contribution in [-0.2, 0) is 32.6 Å². The van der Waals surface area contributed by atoms with Crippen LogP contribution in [0.5, 0.6) is 0 Å². The quantitative estimate of drug-likeness (QED) is 0.368. The van der Waals surface area contributed by atoms with Crippen LogP contribution in [0.2, 0.25) is 0 Å². The lowest BCUT2D eigenvalue weighted by Crippen LogP contribution is -2.43. The van der Waals surface area contributed by atoms with E-state index in [-0.39, 0.29) is 37.0 Å². The van der Waals surface area contributed by atoms with Crippen molar-refractivity contribution >= 4 is 31.9 Å². The summed E-state index contributed by atoms with van der Waals surface area (Å²) < 4.78 is 39.3. The number of aryl methyl sites for hydroxylation is 1. The number of amides is 1. The lowest BCUT2D eigenvalue weighted by molar-refractivity contribution is -0.133. The predicted octanol–water partition coefficient (Wildman–Crippen LogP) is 4.22. The molecule has 3 aromatic rings. The minimum absolute atomic E-state index is 0.0552. The molecule has 0 N–H and O–H groups in total. The third kappa shape index (κ3) is 7.01. The Hall–Kier alpha value is -2.46. The fraction of sp³-hybridized carbons (Fsp3) is 0.292. The number of halogens is 1. The Morgan fingerprint density at radius 2 is 1.70 bits per heavy atom. The zero-order valence-corrected chi connectivity index (χ0v) is 21.0. The van der Waals surface area contributed by atoms with E-state index in [1.165, 1.54) is 19.2 Å².